The van der Waals surface area contributed by atoms with Gasteiger partial charge in [0.1, 0.15) is 5.82 Å². The van der Waals surface area contributed by atoms with Gasteiger partial charge in [0, 0.05) is 0 Å². The van der Waals surface area contributed by atoms with Gasteiger partial charge in [-0.3, -0.25) is 0 Å². The van der Waals surface area contributed by atoms with Gasteiger partial charge in [-0.1, -0.05) is 31.2 Å². The molecule has 3 heteroatoms. The van der Waals surface area contributed by atoms with E-state index in [2.05, 4.69) is 30.4 Å². The molecule has 1 unspecified atom stereocenters. The Kier molecular flexibility index (Phi) is 4.04. The number of hydrogen-bond donors (Lipinski definition) is 1. The molecule has 0 bridgehead atoms. The van der Waals surface area contributed by atoms with Gasteiger partial charge < -0.3 is 10.1 Å². The fourth-order valence-electron chi connectivity index (χ4n) is 2.94. The van der Waals surface area contributed by atoms with Crippen LogP contribution in [0.3, 0.4) is 0 Å². The molecule has 0 radical (unpaired) electrons. The number of aryl methyl sites for hydroxylation is 1. The van der Waals surface area contributed by atoms with Gasteiger partial charge in [-0.15, -0.1) is 0 Å². The van der Waals surface area contributed by atoms with Crippen molar-refractivity contribution in [2.24, 2.45) is 0 Å². The smallest absolute Gasteiger partial charge is 0.123 e. The van der Waals surface area contributed by atoms with Crippen molar-refractivity contribution in [1.82, 2.24) is 5.32 Å². The minimum Gasteiger partial charge on any atom is -0.372 e. The molecule has 0 saturated carbocycles. The van der Waals surface area contributed by atoms with Crippen LogP contribution in [-0.2, 0) is 18.0 Å². The summed E-state index contributed by atoms with van der Waals surface area (Å²) in [4.78, 5) is 0. The average Bonchev–Trinajstić information content (AvgIpc) is 2.91. The molecule has 21 heavy (non-hydrogen) atoms. The summed E-state index contributed by atoms with van der Waals surface area (Å²) >= 11 is 0. The fourth-order valence-corrected chi connectivity index (χ4v) is 2.94. The van der Waals surface area contributed by atoms with E-state index in [-0.39, 0.29) is 11.9 Å². The Hall–Kier alpha value is -1.71. The molecule has 1 N–H and O–H groups in total. The summed E-state index contributed by atoms with van der Waals surface area (Å²) in [6, 6.07) is 11.6. The molecule has 0 saturated heterocycles. The zero-order valence-corrected chi connectivity index (χ0v) is 12.4. The van der Waals surface area contributed by atoms with Crippen molar-refractivity contribution in [3.05, 3.63) is 70.0 Å². The minimum atomic E-state index is -0.183. The van der Waals surface area contributed by atoms with Crippen LogP contribution in [0, 0.1) is 12.7 Å². The quantitative estimate of drug-likeness (QED) is 0.921. The van der Waals surface area contributed by atoms with E-state index < -0.39 is 0 Å². The highest BCUT2D eigenvalue weighted by atomic mass is 19.1. The molecule has 0 fully saturated rings. The van der Waals surface area contributed by atoms with Gasteiger partial charge in [0.15, 0.2) is 0 Å². The molecule has 1 heterocycles. The van der Waals surface area contributed by atoms with Gasteiger partial charge in [-0.2, -0.15) is 0 Å². The number of hydrogen-bond acceptors (Lipinski definition) is 2. The van der Waals surface area contributed by atoms with E-state index in [1.807, 2.05) is 13.0 Å². The van der Waals surface area contributed by atoms with E-state index >= 15 is 0 Å². The summed E-state index contributed by atoms with van der Waals surface area (Å²) in [5, 5.41) is 3.45. The molecule has 2 aromatic carbocycles. The second-order valence-electron chi connectivity index (χ2n) is 5.57. The van der Waals surface area contributed by atoms with Crippen LogP contribution in [0.25, 0.3) is 0 Å². The lowest BCUT2D eigenvalue weighted by Gasteiger charge is -2.20. The highest BCUT2D eigenvalue weighted by Gasteiger charge is 2.18. The van der Waals surface area contributed by atoms with E-state index in [9.17, 15) is 4.39 Å². The van der Waals surface area contributed by atoms with Gasteiger partial charge in [-0.05, 0) is 53.4 Å². The van der Waals surface area contributed by atoms with E-state index in [4.69, 9.17) is 4.74 Å². The molecule has 2 aromatic rings. The lowest BCUT2D eigenvalue weighted by Crippen LogP contribution is -2.22. The van der Waals surface area contributed by atoms with Gasteiger partial charge >= 0.3 is 0 Å². The van der Waals surface area contributed by atoms with Gasteiger partial charge in [0.2, 0.25) is 0 Å². The molecule has 1 aliphatic rings. The zero-order chi connectivity index (χ0) is 14.8. The molecule has 2 nitrogen and oxygen atoms in total. The third-order valence-electron chi connectivity index (χ3n) is 3.88. The predicted octanol–water partition coefficient (Wildman–Crippen LogP) is 3.86. The number of ether oxygens (including phenoxy) is 1. The van der Waals surface area contributed by atoms with Crippen LogP contribution in [0.1, 0.15) is 40.8 Å². The Labute approximate surface area is 125 Å². The van der Waals surface area contributed by atoms with Crippen molar-refractivity contribution in [2.75, 3.05) is 6.54 Å². The number of benzene rings is 2. The monoisotopic (exact) mass is 285 g/mol. The van der Waals surface area contributed by atoms with Crippen LogP contribution in [0.4, 0.5) is 4.39 Å². The lowest BCUT2D eigenvalue weighted by atomic mass is 9.94. The van der Waals surface area contributed by atoms with E-state index in [1.54, 1.807) is 12.1 Å². The van der Waals surface area contributed by atoms with Crippen LogP contribution < -0.4 is 5.32 Å². The van der Waals surface area contributed by atoms with Crippen molar-refractivity contribution < 1.29 is 9.13 Å². The predicted molar refractivity (Wildman–Crippen MR) is 81.6 cm³/mol. The van der Waals surface area contributed by atoms with Crippen molar-refractivity contribution >= 4 is 0 Å². The maximum absolute atomic E-state index is 13.7. The second kappa shape index (κ2) is 5.96. The molecule has 0 amide bonds. The molecule has 3 rings (SSSR count). The first-order valence-corrected chi connectivity index (χ1v) is 7.37. The zero-order valence-electron chi connectivity index (χ0n) is 12.4. The molecule has 1 atom stereocenters. The summed E-state index contributed by atoms with van der Waals surface area (Å²) in [5.41, 5.74) is 5.56. The topological polar surface area (TPSA) is 21.3 Å². The normalized spacial score (nSPS) is 15.0. The molecule has 0 aromatic heterocycles. The maximum Gasteiger partial charge on any atom is 0.123 e. The average molecular weight is 285 g/mol. The van der Waals surface area contributed by atoms with Crippen LogP contribution in [0.15, 0.2) is 36.4 Å². The second-order valence-corrected chi connectivity index (χ2v) is 5.57. The van der Waals surface area contributed by atoms with Gasteiger partial charge in [-0.25, -0.2) is 4.39 Å². The highest BCUT2D eigenvalue weighted by Crippen LogP contribution is 2.28. The van der Waals surface area contributed by atoms with Crippen LogP contribution in [0.2, 0.25) is 0 Å². The summed E-state index contributed by atoms with van der Waals surface area (Å²) in [6.45, 7) is 6.18. The summed E-state index contributed by atoms with van der Waals surface area (Å²) < 4.78 is 19.2. The maximum atomic E-state index is 13.7. The number of nitrogens with one attached hydrogen (secondary N) is 1. The first-order valence-electron chi connectivity index (χ1n) is 7.37. The Bertz CT molecular complexity index is 633. The third-order valence-corrected chi connectivity index (χ3v) is 3.88. The van der Waals surface area contributed by atoms with Gasteiger partial charge in [0.25, 0.3) is 0 Å². The Morgan fingerprint density at radius 2 is 1.90 bits per heavy atom. The van der Waals surface area contributed by atoms with Crippen LogP contribution in [-0.4, -0.2) is 6.54 Å². The lowest BCUT2D eigenvalue weighted by molar-refractivity contribution is 0.134. The Morgan fingerprint density at radius 3 is 2.67 bits per heavy atom. The van der Waals surface area contributed by atoms with Crippen molar-refractivity contribution in [3.63, 3.8) is 0 Å². The van der Waals surface area contributed by atoms with Crippen molar-refractivity contribution in [2.45, 2.75) is 33.1 Å². The molecular formula is C18H20FNO. The first-order chi connectivity index (χ1) is 10.2. The standard InChI is InChI=1S/C18H20FNO/c1-3-20-18(15-6-12(2)7-17(19)9-15)13-4-5-14-10-21-11-16(14)8-13/h4-9,18,20H,3,10-11H2,1-2H3. The summed E-state index contributed by atoms with van der Waals surface area (Å²) in [6.07, 6.45) is 0. The first kappa shape index (κ1) is 14.2. The SMILES string of the molecule is CCNC(c1cc(C)cc(F)c1)c1ccc2c(c1)COC2. The summed E-state index contributed by atoms with van der Waals surface area (Å²) in [5.74, 6) is -0.183. The Balaban J connectivity index is 2.01. The molecule has 0 spiro atoms. The third kappa shape index (κ3) is 2.99. The molecule has 110 valence electrons. The summed E-state index contributed by atoms with van der Waals surface area (Å²) in [7, 11) is 0. The fraction of sp³-hybridized carbons (Fsp3) is 0.333. The number of rotatable bonds is 4. The highest BCUT2D eigenvalue weighted by molar-refractivity contribution is 5.40. The molecule has 0 aliphatic carbocycles. The molecular weight excluding hydrogens is 265 g/mol. The largest absolute Gasteiger partial charge is 0.372 e. The van der Waals surface area contributed by atoms with E-state index in [0.717, 1.165) is 23.2 Å². The van der Waals surface area contributed by atoms with E-state index in [1.165, 1.54) is 11.1 Å². The van der Waals surface area contributed by atoms with Gasteiger partial charge in [0.05, 0.1) is 19.3 Å². The minimum absolute atomic E-state index is 0.00954. The number of halogens is 1. The van der Waals surface area contributed by atoms with E-state index in [0.29, 0.717) is 13.2 Å². The van der Waals surface area contributed by atoms with Crippen LogP contribution >= 0.6 is 0 Å². The van der Waals surface area contributed by atoms with Crippen molar-refractivity contribution in [1.29, 1.82) is 0 Å². The molecule has 1 aliphatic heterocycles. The van der Waals surface area contributed by atoms with Crippen molar-refractivity contribution in [3.8, 4) is 0 Å². The Morgan fingerprint density at radius 1 is 1.10 bits per heavy atom. The van der Waals surface area contributed by atoms with Crippen LogP contribution in [0.5, 0.6) is 0 Å². The number of fused-ring (bicyclic) bond motifs is 1.